The van der Waals surface area contributed by atoms with Gasteiger partial charge in [0.25, 0.3) is 5.56 Å². The minimum Gasteiger partial charge on any atom is -0.338 e. The van der Waals surface area contributed by atoms with Crippen molar-refractivity contribution in [1.29, 1.82) is 0 Å². The molecule has 2 aromatic rings. The summed E-state index contributed by atoms with van der Waals surface area (Å²) in [5.74, 6) is 0.0943. The van der Waals surface area contributed by atoms with E-state index in [1.165, 1.54) is 0 Å². The third-order valence-electron chi connectivity index (χ3n) is 3.88. The molecule has 0 unspecified atom stereocenters. The molecule has 0 aliphatic carbocycles. The van der Waals surface area contributed by atoms with Crippen LogP contribution in [0.25, 0.3) is 10.9 Å². The largest absolute Gasteiger partial charge is 0.338 e. The van der Waals surface area contributed by atoms with Gasteiger partial charge < -0.3 is 9.88 Å². The van der Waals surface area contributed by atoms with E-state index in [0.29, 0.717) is 25.1 Å². The van der Waals surface area contributed by atoms with E-state index in [1.54, 1.807) is 4.90 Å². The summed E-state index contributed by atoms with van der Waals surface area (Å²) < 4.78 is 0. The molecular weight excluding hydrogens is 276 g/mol. The maximum Gasteiger partial charge on any atom is 0.253 e. The minimum absolute atomic E-state index is 0.0943. The van der Waals surface area contributed by atoms with E-state index in [9.17, 15) is 9.59 Å². The van der Waals surface area contributed by atoms with Crippen LogP contribution in [0, 0.1) is 6.92 Å². The first-order valence-electron chi connectivity index (χ1n) is 7.95. The molecule has 1 aromatic heterocycles. The maximum absolute atomic E-state index is 12.3. The smallest absolute Gasteiger partial charge is 0.253 e. The highest BCUT2D eigenvalue weighted by Gasteiger charge is 2.14. The molecule has 0 aliphatic heterocycles. The van der Waals surface area contributed by atoms with E-state index >= 15 is 0 Å². The molecule has 118 valence electrons. The first-order chi connectivity index (χ1) is 10.5. The Bertz CT molecular complexity index is 719. The van der Waals surface area contributed by atoms with Crippen molar-refractivity contribution in [3.05, 3.63) is 45.7 Å². The standard InChI is InChI=1S/C18H24N2O2/c1-4-6-9-20(17(21)5-2)12-15-11-14-8-7-13(3)10-16(14)19-18(15)22/h7-8,10-11H,4-6,9,12H2,1-3H3,(H,19,22). The Kier molecular flexibility index (Phi) is 5.36. The van der Waals surface area contributed by atoms with Crippen LogP contribution < -0.4 is 5.56 Å². The number of carbonyl (C=O) groups is 1. The Morgan fingerprint density at radius 2 is 2.00 bits per heavy atom. The number of aromatic amines is 1. The molecule has 0 spiro atoms. The summed E-state index contributed by atoms with van der Waals surface area (Å²) in [6.45, 7) is 7.03. The van der Waals surface area contributed by atoms with Gasteiger partial charge >= 0.3 is 0 Å². The van der Waals surface area contributed by atoms with Crippen molar-refractivity contribution in [2.75, 3.05) is 6.54 Å². The van der Waals surface area contributed by atoms with Crippen molar-refractivity contribution >= 4 is 16.8 Å². The van der Waals surface area contributed by atoms with Crippen LogP contribution in [-0.2, 0) is 11.3 Å². The van der Waals surface area contributed by atoms with Crippen LogP contribution in [0.15, 0.2) is 29.1 Å². The number of benzene rings is 1. The van der Waals surface area contributed by atoms with Gasteiger partial charge in [0.05, 0.1) is 6.54 Å². The van der Waals surface area contributed by atoms with Gasteiger partial charge in [0, 0.05) is 24.0 Å². The third kappa shape index (κ3) is 3.75. The summed E-state index contributed by atoms with van der Waals surface area (Å²) in [5.41, 5.74) is 2.50. The van der Waals surface area contributed by atoms with Gasteiger partial charge in [-0.05, 0) is 36.4 Å². The normalized spacial score (nSPS) is 10.9. The summed E-state index contributed by atoms with van der Waals surface area (Å²) in [7, 11) is 0. The predicted molar refractivity (Wildman–Crippen MR) is 89.9 cm³/mol. The zero-order chi connectivity index (χ0) is 16.1. The summed E-state index contributed by atoms with van der Waals surface area (Å²) in [6.07, 6.45) is 2.45. The van der Waals surface area contributed by atoms with E-state index in [-0.39, 0.29) is 11.5 Å². The molecule has 0 fully saturated rings. The highest BCUT2D eigenvalue weighted by Crippen LogP contribution is 2.14. The third-order valence-corrected chi connectivity index (χ3v) is 3.88. The summed E-state index contributed by atoms with van der Waals surface area (Å²) >= 11 is 0. The Balaban J connectivity index is 2.32. The number of nitrogens with zero attached hydrogens (tertiary/aromatic N) is 1. The minimum atomic E-state index is -0.108. The number of fused-ring (bicyclic) bond motifs is 1. The van der Waals surface area contributed by atoms with Crippen LogP contribution in [0.3, 0.4) is 0 Å². The van der Waals surface area contributed by atoms with Gasteiger partial charge in [0.1, 0.15) is 0 Å². The lowest BCUT2D eigenvalue weighted by Gasteiger charge is -2.22. The Labute approximate surface area is 131 Å². The van der Waals surface area contributed by atoms with Crippen molar-refractivity contribution in [2.24, 2.45) is 0 Å². The maximum atomic E-state index is 12.3. The number of carbonyl (C=O) groups excluding carboxylic acids is 1. The molecule has 0 saturated carbocycles. The number of unbranched alkanes of at least 4 members (excludes halogenated alkanes) is 1. The number of amides is 1. The number of rotatable bonds is 6. The number of aromatic nitrogens is 1. The van der Waals surface area contributed by atoms with Crippen molar-refractivity contribution < 1.29 is 4.79 Å². The average molecular weight is 300 g/mol. The Morgan fingerprint density at radius 1 is 1.23 bits per heavy atom. The molecule has 4 heteroatoms. The molecule has 0 aliphatic rings. The van der Waals surface area contributed by atoms with Gasteiger partial charge in [-0.2, -0.15) is 0 Å². The molecule has 4 nitrogen and oxygen atoms in total. The van der Waals surface area contributed by atoms with Crippen LogP contribution in [-0.4, -0.2) is 22.3 Å². The average Bonchev–Trinajstić information content (AvgIpc) is 2.51. The fraction of sp³-hybridized carbons (Fsp3) is 0.444. The van der Waals surface area contributed by atoms with Gasteiger partial charge in [0.15, 0.2) is 0 Å². The number of H-pyrrole nitrogens is 1. The van der Waals surface area contributed by atoms with Gasteiger partial charge in [-0.1, -0.05) is 32.4 Å². The summed E-state index contributed by atoms with van der Waals surface area (Å²) in [5, 5.41) is 1.000. The number of nitrogens with one attached hydrogen (secondary N) is 1. The lowest BCUT2D eigenvalue weighted by atomic mass is 10.1. The summed E-state index contributed by atoms with van der Waals surface area (Å²) in [6, 6.07) is 7.89. The molecule has 2 rings (SSSR count). The number of aryl methyl sites for hydroxylation is 1. The fourth-order valence-electron chi connectivity index (χ4n) is 2.55. The number of pyridine rings is 1. The topological polar surface area (TPSA) is 53.2 Å². The highest BCUT2D eigenvalue weighted by atomic mass is 16.2. The number of hydrogen-bond acceptors (Lipinski definition) is 2. The first kappa shape index (κ1) is 16.3. The molecule has 1 aromatic carbocycles. The van der Waals surface area contributed by atoms with E-state index in [2.05, 4.69) is 11.9 Å². The second-order valence-corrected chi connectivity index (χ2v) is 5.74. The van der Waals surface area contributed by atoms with Crippen molar-refractivity contribution in [1.82, 2.24) is 9.88 Å². The van der Waals surface area contributed by atoms with Crippen LogP contribution in [0.5, 0.6) is 0 Å². The van der Waals surface area contributed by atoms with Crippen LogP contribution in [0.2, 0.25) is 0 Å². The number of hydrogen-bond donors (Lipinski definition) is 1. The van der Waals surface area contributed by atoms with Gasteiger partial charge in [-0.25, -0.2) is 0 Å². The molecule has 1 amide bonds. The molecule has 22 heavy (non-hydrogen) atoms. The van der Waals surface area contributed by atoms with Gasteiger partial charge in [0.2, 0.25) is 5.91 Å². The second kappa shape index (κ2) is 7.25. The molecule has 1 N–H and O–H groups in total. The predicted octanol–water partition coefficient (Wildman–Crippen LogP) is 3.38. The molecule has 1 heterocycles. The SMILES string of the molecule is CCCCN(Cc1cc2ccc(C)cc2[nH]c1=O)C(=O)CC. The van der Waals surface area contributed by atoms with E-state index in [1.807, 2.05) is 38.1 Å². The zero-order valence-electron chi connectivity index (χ0n) is 13.6. The van der Waals surface area contributed by atoms with E-state index < -0.39 is 0 Å². The molecule has 0 saturated heterocycles. The van der Waals surface area contributed by atoms with E-state index in [4.69, 9.17) is 0 Å². The second-order valence-electron chi connectivity index (χ2n) is 5.74. The van der Waals surface area contributed by atoms with Crippen LogP contribution >= 0.6 is 0 Å². The van der Waals surface area contributed by atoms with E-state index in [0.717, 1.165) is 29.3 Å². The first-order valence-corrected chi connectivity index (χ1v) is 7.95. The molecule has 0 radical (unpaired) electrons. The van der Waals surface area contributed by atoms with Gasteiger partial charge in [-0.15, -0.1) is 0 Å². The van der Waals surface area contributed by atoms with Crippen molar-refractivity contribution in [3.8, 4) is 0 Å². The van der Waals surface area contributed by atoms with Crippen LogP contribution in [0.4, 0.5) is 0 Å². The van der Waals surface area contributed by atoms with Crippen molar-refractivity contribution in [2.45, 2.75) is 46.6 Å². The fourth-order valence-corrected chi connectivity index (χ4v) is 2.55. The summed E-state index contributed by atoms with van der Waals surface area (Å²) in [4.78, 5) is 29.0. The zero-order valence-corrected chi connectivity index (χ0v) is 13.6. The molecule has 0 bridgehead atoms. The Hall–Kier alpha value is -2.10. The lowest BCUT2D eigenvalue weighted by molar-refractivity contribution is -0.131. The monoisotopic (exact) mass is 300 g/mol. The molecular formula is C18H24N2O2. The highest BCUT2D eigenvalue weighted by molar-refractivity contribution is 5.80. The van der Waals surface area contributed by atoms with Crippen molar-refractivity contribution in [3.63, 3.8) is 0 Å². The lowest BCUT2D eigenvalue weighted by Crippen LogP contribution is -2.33. The van der Waals surface area contributed by atoms with Crippen LogP contribution in [0.1, 0.15) is 44.2 Å². The molecule has 0 atom stereocenters. The van der Waals surface area contributed by atoms with Gasteiger partial charge in [-0.3, -0.25) is 9.59 Å². The quantitative estimate of drug-likeness (QED) is 0.889. The Morgan fingerprint density at radius 3 is 2.68 bits per heavy atom.